The standard InChI is InChI=1S/C26H41N3O10S/c1-24(2,3)18(19(21(30)31)25(4,5)6)20(22(32)33)27-14-15(23(34)39-26(7,8)9)28-40(37,38)17-13-11-10-12-16(17)29(35)36/h10-13,15,18-20,27-28H,14H2,1-9H3,(H,30,31)(H,32,33). The molecule has 226 valence electrons. The number of aliphatic carboxylic acids is 2. The number of sulfonamides is 1. The summed E-state index contributed by atoms with van der Waals surface area (Å²) in [4.78, 5) is 47.8. The molecule has 0 spiro atoms. The average molecular weight is 588 g/mol. The van der Waals surface area contributed by atoms with Crippen LogP contribution in [0.1, 0.15) is 62.3 Å². The summed E-state index contributed by atoms with van der Waals surface area (Å²) >= 11 is 0. The van der Waals surface area contributed by atoms with Gasteiger partial charge in [-0.15, -0.1) is 0 Å². The highest BCUT2D eigenvalue weighted by Crippen LogP contribution is 2.43. The Bertz CT molecular complexity index is 1210. The molecule has 0 radical (unpaired) electrons. The lowest BCUT2D eigenvalue weighted by Gasteiger charge is -2.44. The van der Waals surface area contributed by atoms with E-state index in [4.69, 9.17) is 4.74 Å². The fraction of sp³-hybridized carbons (Fsp3) is 0.654. The van der Waals surface area contributed by atoms with Crippen LogP contribution in [-0.2, 0) is 29.1 Å². The molecule has 4 atom stereocenters. The van der Waals surface area contributed by atoms with Crippen molar-refractivity contribution in [3.05, 3.63) is 34.4 Å². The summed E-state index contributed by atoms with van der Waals surface area (Å²) in [5, 5.41) is 34.4. The Balaban J connectivity index is 3.58. The monoisotopic (exact) mass is 587 g/mol. The van der Waals surface area contributed by atoms with Crippen LogP contribution in [0.2, 0.25) is 0 Å². The Morgan fingerprint density at radius 2 is 1.48 bits per heavy atom. The van der Waals surface area contributed by atoms with Crippen LogP contribution in [0.5, 0.6) is 0 Å². The third kappa shape index (κ3) is 9.52. The molecule has 4 unspecified atom stereocenters. The van der Waals surface area contributed by atoms with E-state index in [2.05, 4.69) is 10.0 Å². The SMILES string of the molecule is CC(C)(C)OC(=O)C(CNC(C(=O)O)C(C(C(=O)O)C(C)(C)C)C(C)(C)C)NS(=O)(=O)c1ccccc1[N+](=O)[O-]. The lowest BCUT2D eigenvalue weighted by molar-refractivity contribution is -0.387. The van der Waals surface area contributed by atoms with Gasteiger partial charge in [0.15, 0.2) is 4.90 Å². The lowest BCUT2D eigenvalue weighted by atomic mass is 9.61. The van der Waals surface area contributed by atoms with E-state index < -0.39 is 90.3 Å². The van der Waals surface area contributed by atoms with Gasteiger partial charge in [0, 0.05) is 18.5 Å². The second-order valence-electron chi connectivity index (χ2n) is 12.7. The van der Waals surface area contributed by atoms with E-state index in [9.17, 15) is 43.1 Å². The van der Waals surface area contributed by atoms with Crippen molar-refractivity contribution >= 4 is 33.6 Å². The number of nitrogens with one attached hydrogen (secondary N) is 2. The molecule has 0 aliphatic rings. The van der Waals surface area contributed by atoms with Gasteiger partial charge in [-0.05, 0) is 37.7 Å². The van der Waals surface area contributed by atoms with Crippen LogP contribution in [0, 0.1) is 32.8 Å². The molecule has 0 aliphatic heterocycles. The van der Waals surface area contributed by atoms with Gasteiger partial charge in [0.1, 0.15) is 17.7 Å². The molecule has 0 bridgehead atoms. The molecule has 1 aromatic rings. The van der Waals surface area contributed by atoms with Gasteiger partial charge in [0.25, 0.3) is 5.69 Å². The van der Waals surface area contributed by atoms with Gasteiger partial charge in [-0.3, -0.25) is 24.5 Å². The Hall–Kier alpha value is -3.10. The predicted octanol–water partition coefficient (Wildman–Crippen LogP) is 3.04. The van der Waals surface area contributed by atoms with Crippen LogP contribution in [0.3, 0.4) is 0 Å². The predicted molar refractivity (Wildman–Crippen MR) is 146 cm³/mol. The number of nitrogens with zero attached hydrogens (tertiary/aromatic N) is 1. The van der Waals surface area contributed by atoms with E-state index in [1.54, 1.807) is 62.3 Å². The Kier molecular flexibility index (Phi) is 11.0. The molecule has 0 saturated heterocycles. The van der Waals surface area contributed by atoms with Crippen molar-refractivity contribution in [2.45, 2.75) is 84.9 Å². The minimum absolute atomic E-state index is 0.616. The molecule has 14 heteroatoms. The average Bonchev–Trinajstić information content (AvgIpc) is 2.74. The van der Waals surface area contributed by atoms with Crippen molar-refractivity contribution in [2.24, 2.45) is 22.7 Å². The summed E-state index contributed by atoms with van der Waals surface area (Å²) in [6.07, 6.45) is 0. The Labute approximate surface area is 234 Å². The fourth-order valence-electron chi connectivity index (χ4n) is 4.50. The first-order valence-electron chi connectivity index (χ1n) is 12.6. The van der Waals surface area contributed by atoms with Crippen molar-refractivity contribution in [1.82, 2.24) is 10.0 Å². The van der Waals surface area contributed by atoms with Gasteiger partial charge in [-0.25, -0.2) is 8.42 Å². The minimum Gasteiger partial charge on any atom is -0.481 e. The Morgan fingerprint density at radius 1 is 0.950 bits per heavy atom. The van der Waals surface area contributed by atoms with Crippen molar-refractivity contribution in [3.8, 4) is 0 Å². The summed E-state index contributed by atoms with van der Waals surface area (Å²) in [5.41, 5.74) is -3.51. The maximum Gasteiger partial charge on any atom is 0.326 e. The smallest absolute Gasteiger partial charge is 0.326 e. The molecule has 0 amide bonds. The second-order valence-corrected chi connectivity index (χ2v) is 14.4. The van der Waals surface area contributed by atoms with Gasteiger partial charge in [-0.2, -0.15) is 4.72 Å². The van der Waals surface area contributed by atoms with Crippen LogP contribution in [0.25, 0.3) is 0 Å². The van der Waals surface area contributed by atoms with E-state index in [-0.39, 0.29) is 0 Å². The maximum atomic E-state index is 13.2. The third-order valence-electron chi connectivity index (χ3n) is 6.07. The lowest BCUT2D eigenvalue weighted by Crippen LogP contribution is -2.58. The minimum atomic E-state index is -4.68. The molecule has 1 rings (SSSR count). The van der Waals surface area contributed by atoms with Crippen LogP contribution >= 0.6 is 0 Å². The van der Waals surface area contributed by atoms with Crippen molar-refractivity contribution in [2.75, 3.05) is 6.54 Å². The second kappa shape index (κ2) is 12.6. The topological polar surface area (TPSA) is 202 Å². The summed E-state index contributed by atoms with van der Waals surface area (Å²) in [7, 11) is -4.68. The van der Waals surface area contributed by atoms with Crippen molar-refractivity contribution < 1.29 is 42.7 Å². The molecule has 4 N–H and O–H groups in total. The highest BCUT2D eigenvalue weighted by Gasteiger charge is 2.49. The van der Waals surface area contributed by atoms with Gasteiger partial charge >= 0.3 is 17.9 Å². The van der Waals surface area contributed by atoms with Crippen LogP contribution in [0.4, 0.5) is 5.69 Å². The maximum absolute atomic E-state index is 13.2. The number of benzene rings is 1. The fourth-order valence-corrected chi connectivity index (χ4v) is 5.86. The summed E-state index contributed by atoms with van der Waals surface area (Å²) < 4.78 is 33.8. The number of carboxylic acid groups (broad SMARTS) is 2. The van der Waals surface area contributed by atoms with Crippen molar-refractivity contribution in [1.29, 1.82) is 0 Å². The normalized spacial score (nSPS) is 15.9. The first-order chi connectivity index (χ1) is 17.9. The van der Waals surface area contributed by atoms with E-state index in [0.717, 1.165) is 12.1 Å². The van der Waals surface area contributed by atoms with E-state index in [1.165, 1.54) is 12.1 Å². The van der Waals surface area contributed by atoms with Crippen LogP contribution in [-0.4, -0.2) is 65.7 Å². The number of esters is 1. The molecule has 1 aromatic carbocycles. The number of hydrogen-bond donors (Lipinski definition) is 4. The van der Waals surface area contributed by atoms with Crippen LogP contribution < -0.4 is 10.0 Å². The number of para-hydroxylation sites is 1. The molecule has 0 aliphatic carbocycles. The summed E-state index contributed by atoms with van der Waals surface area (Å²) in [6, 6.07) is 1.29. The molecule has 0 saturated carbocycles. The molecule has 0 aromatic heterocycles. The zero-order valence-corrected chi connectivity index (χ0v) is 25.2. The summed E-state index contributed by atoms with van der Waals surface area (Å²) in [6.45, 7) is 14.1. The van der Waals surface area contributed by atoms with Gasteiger partial charge in [0.2, 0.25) is 10.0 Å². The van der Waals surface area contributed by atoms with Crippen LogP contribution in [0.15, 0.2) is 29.2 Å². The zero-order valence-electron chi connectivity index (χ0n) is 24.3. The van der Waals surface area contributed by atoms with E-state index in [1.807, 2.05) is 0 Å². The number of hydrogen-bond acceptors (Lipinski definition) is 9. The quantitative estimate of drug-likeness (QED) is 0.159. The van der Waals surface area contributed by atoms with E-state index in [0.29, 0.717) is 0 Å². The number of ether oxygens (including phenoxy) is 1. The molecule has 40 heavy (non-hydrogen) atoms. The van der Waals surface area contributed by atoms with Crippen molar-refractivity contribution in [3.63, 3.8) is 0 Å². The van der Waals surface area contributed by atoms with E-state index >= 15 is 0 Å². The molecule has 0 heterocycles. The van der Waals surface area contributed by atoms with Gasteiger partial charge in [0.05, 0.1) is 10.8 Å². The number of carbonyl (C=O) groups excluding carboxylic acids is 1. The number of carboxylic acids is 2. The highest BCUT2D eigenvalue weighted by atomic mass is 32.2. The molecule has 0 fully saturated rings. The molecule has 13 nitrogen and oxygen atoms in total. The number of rotatable bonds is 12. The number of nitro groups is 1. The largest absolute Gasteiger partial charge is 0.481 e. The first-order valence-corrected chi connectivity index (χ1v) is 14.1. The first kappa shape index (κ1) is 34.9. The zero-order chi connectivity index (χ0) is 31.4. The highest BCUT2D eigenvalue weighted by molar-refractivity contribution is 7.89. The van der Waals surface area contributed by atoms with Gasteiger partial charge < -0.3 is 20.3 Å². The Morgan fingerprint density at radius 3 is 1.88 bits per heavy atom. The molecular weight excluding hydrogens is 546 g/mol. The third-order valence-corrected chi connectivity index (χ3v) is 7.58. The molecular formula is C26H41N3O10S. The van der Waals surface area contributed by atoms with Gasteiger partial charge in [-0.1, -0.05) is 53.7 Å². The number of nitro benzene ring substituents is 1. The number of carbonyl (C=O) groups is 3. The summed E-state index contributed by atoms with van der Waals surface area (Å²) in [5.74, 6) is -5.84.